The second kappa shape index (κ2) is 6.39. The third-order valence-electron chi connectivity index (χ3n) is 4.60. The van der Waals surface area contributed by atoms with Crippen LogP contribution in [-0.2, 0) is 0 Å². The zero-order chi connectivity index (χ0) is 12.1. The Balaban J connectivity index is 1.76. The molecule has 0 aromatic carbocycles. The van der Waals surface area contributed by atoms with E-state index in [0.29, 0.717) is 0 Å². The summed E-state index contributed by atoms with van der Waals surface area (Å²) in [6.07, 6.45) is 15.9. The first-order valence-electron chi connectivity index (χ1n) is 7.36. The summed E-state index contributed by atoms with van der Waals surface area (Å²) >= 11 is 0. The molecule has 0 aromatic heterocycles. The maximum atomic E-state index is 3.70. The standard InChI is InChI=1S/C16H27N/c1-3-4-5-6-7-9-15-12-11-14(2)16-10-8-13-17(15)16/h3-5,14-16H,1,6-13H2,2H3. The lowest BCUT2D eigenvalue weighted by Crippen LogP contribution is -2.46. The van der Waals surface area contributed by atoms with Gasteiger partial charge in [0.25, 0.3) is 0 Å². The zero-order valence-corrected chi connectivity index (χ0v) is 11.3. The summed E-state index contributed by atoms with van der Waals surface area (Å²) in [7, 11) is 0. The van der Waals surface area contributed by atoms with Gasteiger partial charge >= 0.3 is 0 Å². The fraction of sp³-hybridized carbons (Fsp3) is 0.750. The third kappa shape index (κ3) is 3.22. The van der Waals surface area contributed by atoms with Crippen LogP contribution in [0.4, 0.5) is 0 Å². The summed E-state index contributed by atoms with van der Waals surface area (Å²) in [5, 5.41) is 0. The first-order valence-corrected chi connectivity index (χ1v) is 7.36. The molecule has 1 nitrogen and oxygen atoms in total. The minimum Gasteiger partial charge on any atom is -0.297 e. The van der Waals surface area contributed by atoms with Crippen LogP contribution in [0.2, 0.25) is 0 Å². The van der Waals surface area contributed by atoms with E-state index >= 15 is 0 Å². The molecule has 0 aromatic rings. The zero-order valence-electron chi connectivity index (χ0n) is 11.3. The van der Waals surface area contributed by atoms with E-state index in [1.54, 1.807) is 0 Å². The summed E-state index contributed by atoms with van der Waals surface area (Å²) < 4.78 is 0. The Hall–Kier alpha value is -0.560. The van der Waals surface area contributed by atoms with Crippen molar-refractivity contribution in [3.8, 4) is 0 Å². The average molecular weight is 233 g/mol. The number of allylic oxidation sites excluding steroid dienone is 3. The highest BCUT2D eigenvalue weighted by Gasteiger charge is 2.37. The first kappa shape index (κ1) is 12.9. The van der Waals surface area contributed by atoms with Crippen LogP contribution < -0.4 is 0 Å². The van der Waals surface area contributed by atoms with Gasteiger partial charge in [0.15, 0.2) is 0 Å². The van der Waals surface area contributed by atoms with Crippen LogP contribution in [0.25, 0.3) is 0 Å². The Bertz CT molecular complexity index is 269. The summed E-state index contributed by atoms with van der Waals surface area (Å²) in [6.45, 7) is 7.52. The minimum atomic E-state index is 0.885. The minimum absolute atomic E-state index is 0.885. The molecule has 17 heavy (non-hydrogen) atoms. The van der Waals surface area contributed by atoms with Crippen LogP contribution in [0.3, 0.4) is 0 Å². The highest BCUT2D eigenvalue weighted by molar-refractivity contribution is 4.97. The summed E-state index contributed by atoms with van der Waals surface area (Å²) in [6, 6.07) is 1.80. The maximum Gasteiger partial charge on any atom is 0.0124 e. The van der Waals surface area contributed by atoms with Gasteiger partial charge in [0.05, 0.1) is 0 Å². The van der Waals surface area contributed by atoms with Crippen LogP contribution in [0, 0.1) is 5.92 Å². The van der Waals surface area contributed by atoms with Crippen molar-refractivity contribution >= 4 is 0 Å². The monoisotopic (exact) mass is 233 g/mol. The Kier molecular flexibility index (Phi) is 4.85. The molecule has 2 heterocycles. The molecule has 3 unspecified atom stereocenters. The largest absolute Gasteiger partial charge is 0.297 e. The number of hydrogen-bond donors (Lipinski definition) is 0. The van der Waals surface area contributed by atoms with Crippen LogP contribution >= 0.6 is 0 Å². The lowest BCUT2D eigenvalue weighted by atomic mass is 9.85. The van der Waals surface area contributed by atoms with Gasteiger partial charge in [-0.1, -0.05) is 31.7 Å². The van der Waals surface area contributed by atoms with E-state index in [1.165, 1.54) is 51.5 Å². The molecule has 2 saturated heterocycles. The van der Waals surface area contributed by atoms with E-state index in [1.807, 2.05) is 6.08 Å². The molecule has 1 heteroatoms. The van der Waals surface area contributed by atoms with Crippen LogP contribution in [0.1, 0.15) is 51.9 Å². The predicted molar refractivity (Wildman–Crippen MR) is 75.1 cm³/mol. The van der Waals surface area contributed by atoms with E-state index in [-0.39, 0.29) is 0 Å². The van der Waals surface area contributed by atoms with E-state index < -0.39 is 0 Å². The van der Waals surface area contributed by atoms with Gasteiger partial charge in [-0.2, -0.15) is 0 Å². The molecular formula is C16H27N. The van der Waals surface area contributed by atoms with Crippen molar-refractivity contribution in [2.24, 2.45) is 5.92 Å². The van der Waals surface area contributed by atoms with Crippen molar-refractivity contribution < 1.29 is 0 Å². The second-order valence-corrected chi connectivity index (χ2v) is 5.75. The summed E-state index contributed by atoms with van der Waals surface area (Å²) in [4.78, 5) is 2.82. The van der Waals surface area contributed by atoms with E-state index in [0.717, 1.165) is 18.0 Å². The van der Waals surface area contributed by atoms with Gasteiger partial charge in [0.2, 0.25) is 0 Å². The van der Waals surface area contributed by atoms with Gasteiger partial charge in [-0.15, -0.1) is 0 Å². The lowest BCUT2D eigenvalue weighted by molar-refractivity contribution is 0.0756. The molecule has 0 N–H and O–H groups in total. The highest BCUT2D eigenvalue weighted by Crippen LogP contribution is 2.36. The smallest absolute Gasteiger partial charge is 0.0124 e. The van der Waals surface area contributed by atoms with Crippen molar-refractivity contribution in [2.75, 3.05) is 6.54 Å². The normalized spacial score (nSPS) is 34.1. The van der Waals surface area contributed by atoms with Crippen molar-refractivity contribution in [1.82, 2.24) is 4.90 Å². The van der Waals surface area contributed by atoms with Crippen molar-refractivity contribution in [3.05, 3.63) is 24.8 Å². The molecular weight excluding hydrogens is 206 g/mol. The average Bonchev–Trinajstić information content (AvgIpc) is 2.81. The Morgan fingerprint density at radius 3 is 3.00 bits per heavy atom. The molecule has 0 aliphatic carbocycles. The fourth-order valence-corrected chi connectivity index (χ4v) is 3.67. The Morgan fingerprint density at radius 2 is 2.18 bits per heavy atom. The summed E-state index contributed by atoms with van der Waals surface area (Å²) in [5.41, 5.74) is 0. The highest BCUT2D eigenvalue weighted by atomic mass is 15.2. The number of rotatable bonds is 5. The molecule has 0 saturated carbocycles. The fourth-order valence-electron chi connectivity index (χ4n) is 3.67. The molecule has 3 atom stereocenters. The van der Waals surface area contributed by atoms with Gasteiger partial charge in [0, 0.05) is 12.1 Å². The molecule has 2 fully saturated rings. The first-order chi connectivity index (χ1) is 8.33. The lowest BCUT2D eigenvalue weighted by Gasteiger charge is -2.41. The second-order valence-electron chi connectivity index (χ2n) is 5.75. The third-order valence-corrected chi connectivity index (χ3v) is 4.60. The SMILES string of the molecule is C=CC=CCCCC1CCC(C)C2CCCN12. The number of nitrogens with zero attached hydrogens (tertiary/aromatic N) is 1. The molecule has 0 radical (unpaired) electrons. The van der Waals surface area contributed by atoms with Gasteiger partial charge in [-0.05, 0) is 57.4 Å². The Labute approximate surface area is 107 Å². The predicted octanol–water partition coefficient (Wildman–Crippen LogP) is 4.16. The Morgan fingerprint density at radius 1 is 1.29 bits per heavy atom. The van der Waals surface area contributed by atoms with Crippen LogP contribution in [0.15, 0.2) is 24.8 Å². The van der Waals surface area contributed by atoms with E-state index in [2.05, 4.69) is 30.6 Å². The van der Waals surface area contributed by atoms with E-state index in [4.69, 9.17) is 0 Å². The number of fused-ring (bicyclic) bond motifs is 1. The molecule has 0 amide bonds. The summed E-state index contributed by atoms with van der Waals surface area (Å²) in [5.74, 6) is 0.939. The van der Waals surface area contributed by atoms with Crippen molar-refractivity contribution in [1.29, 1.82) is 0 Å². The molecule has 2 aliphatic heterocycles. The van der Waals surface area contributed by atoms with Gasteiger partial charge in [-0.25, -0.2) is 0 Å². The van der Waals surface area contributed by atoms with Crippen molar-refractivity contribution in [3.63, 3.8) is 0 Å². The number of hydrogen-bond acceptors (Lipinski definition) is 1. The van der Waals surface area contributed by atoms with E-state index in [9.17, 15) is 0 Å². The molecule has 0 bridgehead atoms. The molecule has 2 rings (SSSR count). The topological polar surface area (TPSA) is 3.24 Å². The number of unbranched alkanes of at least 4 members (excludes halogenated alkanes) is 1. The molecule has 2 aliphatic rings. The van der Waals surface area contributed by atoms with Crippen LogP contribution in [0.5, 0.6) is 0 Å². The van der Waals surface area contributed by atoms with Gasteiger partial charge in [-0.3, -0.25) is 4.90 Å². The van der Waals surface area contributed by atoms with Gasteiger partial charge < -0.3 is 0 Å². The van der Waals surface area contributed by atoms with Crippen LogP contribution in [-0.4, -0.2) is 23.5 Å². The maximum absolute atomic E-state index is 3.70. The van der Waals surface area contributed by atoms with Gasteiger partial charge in [0.1, 0.15) is 0 Å². The quantitative estimate of drug-likeness (QED) is 0.509. The van der Waals surface area contributed by atoms with Crippen molar-refractivity contribution in [2.45, 2.75) is 64.0 Å². The molecule has 0 spiro atoms. The number of piperidine rings is 1. The molecule has 96 valence electrons.